The SMILES string of the molecule is CCCCCCCCCCCCC(C)(N)CCCC. The molecule has 1 atom stereocenters. The minimum absolute atomic E-state index is 0.0934. The summed E-state index contributed by atoms with van der Waals surface area (Å²) in [4.78, 5) is 0. The van der Waals surface area contributed by atoms with E-state index in [0.29, 0.717) is 0 Å². The molecule has 116 valence electrons. The summed E-state index contributed by atoms with van der Waals surface area (Å²) in [5.74, 6) is 0. The van der Waals surface area contributed by atoms with E-state index in [1.165, 1.54) is 89.9 Å². The fraction of sp³-hybridized carbons (Fsp3) is 1.00. The number of rotatable bonds is 14. The van der Waals surface area contributed by atoms with Gasteiger partial charge in [-0.05, 0) is 19.8 Å². The van der Waals surface area contributed by atoms with Crippen LogP contribution in [0.1, 0.15) is 111 Å². The molecule has 0 bridgehead atoms. The monoisotopic (exact) mass is 269 g/mol. The summed E-state index contributed by atoms with van der Waals surface area (Å²) in [5.41, 5.74) is 6.41. The summed E-state index contributed by atoms with van der Waals surface area (Å²) < 4.78 is 0. The minimum Gasteiger partial charge on any atom is -0.325 e. The highest BCUT2D eigenvalue weighted by atomic mass is 14.7. The molecule has 1 heteroatoms. The standard InChI is InChI=1S/C18H39N/c1-4-6-8-9-10-11-12-13-14-15-17-18(3,19)16-7-5-2/h4-17,19H2,1-3H3. The van der Waals surface area contributed by atoms with Gasteiger partial charge < -0.3 is 5.73 Å². The van der Waals surface area contributed by atoms with E-state index in [-0.39, 0.29) is 5.54 Å². The Balaban J connectivity index is 3.21. The maximum absolute atomic E-state index is 6.31. The lowest BCUT2D eigenvalue weighted by atomic mass is 9.90. The third kappa shape index (κ3) is 14.2. The van der Waals surface area contributed by atoms with Crippen molar-refractivity contribution < 1.29 is 0 Å². The molecule has 1 nitrogen and oxygen atoms in total. The molecule has 0 aliphatic carbocycles. The summed E-state index contributed by atoms with van der Waals surface area (Å²) >= 11 is 0. The zero-order valence-corrected chi connectivity index (χ0v) is 14.0. The van der Waals surface area contributed by atoms with Gasteiger partial charge >= 0.3 is 0 Å². The Morgan fingerprint density at radius 2 is 0.947 bits per heavy atom. The van der Waals surface area contributed by atoms with Crippen LogP contribution < -0.4 is 5.73 Å². The molecule has 0 amide bonds. The average Bonchev–Trinajstić information content (AvgIpc) is 2.38. The Morgan fingerprint density at radius 1 is 0.579 bits per heavy atom. The smallest absolute Gasteiger partial charge is 0.0125 e. The summed E-state index contributed by atoms with van der Waals surface area (Å²) in [6, 6.07) is 0. The van der Waals surface area contributed by atoms with Crippen molar-refractivity contribution in [2.45, 2.75) is 116 Å². The highest BCUT2D eigenvalue weighted by Crippen LogP contribution is 2.19. The molecule has 0 radical (unpaired) electrons. The van der Waals surface area contributed by atoms with Crippen molar-refractivity contribution in [2.75, 3.05) is 0 Å². The second-order valence-electron chi connectivity index (χ2n) is 6.69. The van der Waals surface area contributed by atoms with Crippen LogP contribution in [0.25, 0.3) is 0 Å². The predicted octanol–water partition coefficient (Wildman–Crippen LogP) is 6.21. The molecule has 0 spiro atoms. The Kier molecular flexibility index (Phi) is 12.9. The molecule has 1 unspecified atom stereocenters. The molecular weight excluding hydrogens is 230 g/mol. The highest BCUT2D eigenvalue weighted by Gasteiger charge is 2.16. The van der Waals surface area contributed by atoms with E-state index in [1.54, 1.807) is 0 Å². The second-order valence-corrected chi connectivity index (χ2v) is 6.69. The molecule has 0 aromatic heterocycles. The van der Waals surface area contributed by atoms with Crippen LogP contribution in [0.3, 0.4) is 0 Å². The molecule has 0 aromatic carbocycles. The fourth-order valence-corrected chi connectivity index (χ4v) is 2.72. The van der Waals surface area contributed by atoms with Crippen LogP contribution in [0.4, 0.5) is 0 Å². The summed E-state index contributed by atoms with van der Waals surface area (Å²) in [6.45, 7) is 6.76. The highest BCUT2D eigenvalue weighted by molar-refractivity contribution is 4.77. The maximum atomic E-state index is 6.31. The van der Waals surface area contributed by atoms with Crippen molar-refractivity contribution >= 4 is 0 Å². The Bertz CT molecular complexity index is 175. The van der Waals surface area contributed by atoms with E-state index in [0.717, 1.165) is 0 Å². The van der Waals surface area contributed by atoms with Crippen molar-refractivity contribution in [3.63, 3.8) is 0 Å². The van der Waals surface area contributed by atoms with Crippen molar-refractivity contribution in [3.05, 3.63) is 0 Å². The van der Waals surface area contributed by atoms with E-state index in [9.17, 15) is 0 Å². The van der Waals surface area contributed by atoms with E-state index in [1.807, 2.05) is 0 Å². The lowest BCUT2D eigenvalue weighted by Crippen LogP contribution is -2.35. The molecule has 0 aromatic rings. The van der Waals surface area contributed by atoms with Crippen LogP contribution in [0.2, 0.25) is 0 Å². The topological polar surface area (TPSA) is 26.0 Å². The Morgan fingerprint density at radius 3 is 1.42 bits per heavy atom. The second kappa shape index (κ2) is 13.0. The van der Waals surface area contributed by atoms with Gasteiger partial charge in [-0.2, -0.15) is 0 Å². The maximum Gasteiger partial charge on any atom is 0.0125 e. The lowest BCUT2D eigenvalue weighted by molar-refractivity contribution is 0.369. The predicted molar refractivity (Wildman–Crippen MR) is 88.6 cm³/mol. The van der Waals surface area contributed by atoms with Crippen molar-refractivity contribution in [1.29, 1.82) is 0 Å². The van der Waals surface area contributed by atoms with Gasteiger partial charge in [0.2, 0.25) is 0 Å². The summed E-state index contributed by atoms with van der Waals surface area (Å²) in [6.07, 6.45) is 19.1. The molecule has 0 aliphatic rings. The number of nitrogens with two attached hydrogens (primary N) is 1. The first-order valence-electron chi connectivity index (χ1n) is 8.91. The summed E-state index contributed by atoms with van der Waals surface area (Å²) in [7, 11) is 0. The van der Waals surface area contributed by atoms with E-state index >= 15 is 0 Å². The molecule has 0 saturated heterocycles. The van der Waals surface area contributed by atoms with Crippen LogP contribution in [-0.2, 0) is 0 Å². The van der Waals surface area contributed by atoms with Crippen LogP contribution in [-0.4, -0.2) is 5.54 Å². The van der Waals surface area contributed by atoms with Crippen LogP contribution in [0.5, 0.6) is 0 Å². The van der Waals surface area contributed by atoms with Gasteiger partial charge in [0.1, 0.15) is 0 Å². The zero-order valence-electron chi connectivity index (χ0n) is 14.0. The molecule has 0 heterocycles. The number of unbranched alkanes of at least 4 members (excludes halogenated alkanes) is 10. The van der Waals surface area contributed by atoms with Gasteiger partial charge in [-0.1, -0.05) is 90.9 Å². The Labute approximate surface area is 122 Å². The van der Waals surface area contributed by atoms with E-state index < -0.39 is 0 Å². The molecule has 0 aliphatic heterocycles. The van der Waals surface area contributed by atoms with Crippen LogP contribution >= 0.6 is 0 Å². The van der Waals surface area contributed by atoms with Crippen molar-refractivity contribution in [1.82, 2.24) is 0 Å². The van der Waals surface area contributed by atoms with Crippen LogP contribution in [0.15, 0.2) is 0 Å². The van der Waals surface area contributed by atoms with Crippen LogP contribution in [0, 0.1) is 0 Å². The first-order chi connectivity index (χ1) is 9.12. The minimum atomic E-state index is 0.0934. The largest absolute Gasteiger partial charge is 0.325 e. The third-order valence-electron chi connectivity index (χ3n) is 4.20. The Hall–Kier alpha value is -0.0400. The van der Waals surface area contributed by atoms with Gasteiger partial charge in [0, 0.05) is 5.54 Å². The van der Waals surface area contributed by atoms with Gasteiger partial charge in [0.05, 0.1) is 0 Å². The molecule has 0 saturated carbocycles. The first kappa shape index (κ1) is 19.0. The van der Waals surface area contributed by atoms with Gasteiger partial charge in [-0.15, -0.1) is 0 Å². The fourth-order valence-electron chi connectivity index (χ4n) is 2.72. The van der Waals surface area contributed by atoms with Gasteiger partial charge in [0.15, 0.2) is 0 Å². The van der Waals surface area contributed by atoms with Gasteiger partial charge in [-0.25, -0.2) is 0 Å². The van der Waals surface area contributed by atoms with Crippen molar-refractivity contribution in [3.8, 4) is 0 Å². The van der Waals surface area contributed by atoms with Gasteiger partial charge in [0.25, 0.3) is 0 Å². The van der Waals surface area contributed by atoms with E-state index in [2.05, 4.69) is 20.8 Å². The average molecular weight is 270 g/mol. The van der Waals surface area contributed by atoms with E-state index in [4.69, 9.17) is 5.73 Å². The van der Waals surface area contributed by atoms with Crippen molar-refractivity contribution in [2.24, 2.45) is 5.73 Å². The quantitative estimate of drug-likeness (QED) is 0.373. The molecular formula is C18H39N. The first-order valence-corrected chi connectivity index (χ1v) is 8.91. The molecule has 2 N–H and O–H groups in total. The third-order valence-corrected chi connectivity index (χ3v) is 4.20. The normalized spacial score (nSPS) is 14.5. The summed E-state index contributed by atoms with van der Waals surface area (Å²) in [5, 5.41) is 0. The molecule has 0 rings (SSSR count). The van der Waals surface area contributed by atoms with Gasteiger partial charge in [-0.3, -0.25) is 0 Å². The molecule has 0 fully saturated rings. The molecule has 19 heavy (non-hydrogen) atoms. The number of hydrogen-bond acceptors (Lipinski definition) is 1. The zero-order chi connectivity index (χ0) is 14.4. The lowest BCUT2D eigenvalue weighted by Gasteiger charge is -2.24. The number of hydrogen-bond donors (Lipinski definition) is 1.